The van der Waals surface area contributed by atoms with Crippen molar-refractivity contribution in [2.24, 2.45) is 10.9 Å². The molecular formula is C21H26N2O7. The van der Waals surface area contributed by atoms with Crippen LogP contribution in [0.15, 0.2) is 40.5 Å². The van der Waals surface area contributed by atoms with E-state index in [1.54, 1.807) is 33.8 Å². The lowest BCUT2D eigenvalue weighted by Gasteiger charge is -2.31. The van der Waals surface area contributed by atoms with Gasteiger partial charge >= 0.3 is 11.9 Å². The molecule has 1 aliphatic heterocycles. The Morgan fingerprint density at radius 2 is 1.93 bits per heavy atom. The molecule has 0 bridgehead atoms. The van der Waals surface area contributed by atoms with E-state index >= 15 is 0 Å². The van der Waals surface area contributed by atoms with Crippen molar-refractivity contribution in [2.75, 3.05) is 20.3 Å². The highest BCUT2D eigenvalue weighted by atomic mass is 16.6. The smallest absolute Gasteiger partial charge is 0.336 e. The van der Waals surface area contributed by atoms with E-state index in [0.717, 1.165) is 0 Å². The van der Waals surface area contributed by atoms with Crippen LogP contribution in [0.2, 0.25) is 0 Å². The second-order valence-electron chi connectivity index (χ2n) is 7.17. The van der Waals surface area contributed by atoms with E-state index in [1.807, 2.05) is 0 Å². The molecule has 0 aliphatic carbocycles. The number of non-ortho nitro benzene ring substituents is 1. The minimum atomic E-state index is -0.928. The summed E-state index contributed by atoms with van der Waals surface area (Å²) in [6.07, 6.45) is -0.386. The highest BCUT2D eigenvalue weighted by Crippen LogP contribution is 2.41. The van der Waals surface area contributed by atoms with E-state index in [9.17, 15) is 19.7 Å². The van der Waals surface area contributed by atoms with Gasteiger partial charge in [0.15, 0.2) is 0 Å². The van der Waals surface area contributed by atoms with Gasteiger partial charge in [0.2, 0.25) is 0 Å². The van der Waals surface area contributed by atoms with E-state index in [2.05, 4.69) is 4.99 Å². The van der Waals surface area contributed by atoms with E-state index in [1.165, 1.54) is 25.3 Å². The molecule has 1 unspecified atom stereocenters. The van der Waals surface area contributed by atoms with Crippen LogP contribution in [0, 0.1) is 16.0 Å². The lowest BCUT2D eigenvalue weighted by atomic mass is 9.75. The average Bonchev–Trinajstić information content (AvgIpc) is 2.66. The lowest BCUT2D eigenvalue weighted by Crippen LogP contribution is -2.37. The molecule has 9 heteroatoms. The summed E-state index contributed by atoms with van der Waals surface area (Å²) in [5, 5.41) is 11.3. The number of hydrogen-bond acceptors (Lipinski definition) is 8. The first-order chi connectivity index (χ1) is 14.2. The quantitative estimate of drug-likeness (QED) is 0.275. The van der Waals surface area contributed by atoms with Gasteiger partial charge in [-0.3, -0.25) is 19.9 Å². The predicted molar refractivity (Wildman–Crippen MR) is 109 cm³/mol. The summed E-state index contributed by atoms with van der Waals surface area (Å²) >= 11 is 0. The Balaban J connectivity index is 2.59. The number of carbonyl (C=O) groups is 2. The number of nitro groups is 1. The summed E-state index contributed by atoms with van der Waals surface area (Å²) in [5.74, 6) is -2.97. The molecule has 0 saturated heterocycles. The van der Waals surface area contributed by atoms with Crippen LogP contribution in [0.3, 0.4) is 0 Å². The largest absolute Gasteiger partial charge is 0.463 e. The Kier molecular flexibility index (Phi) is 7.82. The molecule has 9 nitrogen and oxygen atoms in total. The maximum atomic E-state index is 12.9. The molecule has 2 rings (SSSR count). The summed E-state index contributed by atoms with van der Waals surface area (Å²) in [5.41, 5.74) is 1.32. The van der Waals surface area contributed by atoms with Crippen LogP contribution in [0.5, 0.6) is 0 Å². The molecule has 0 radical (unpaired) electrons. The molecule has 1 aromatic carbocycles. The molecule has 162 valence electrons. The highest BCUT2D eigenvalue weighted by Gasteiger charge is 2.43. The molecule has 0 spiro atoms. The van der Waals surface area contributed by atoms with Gasteiger partial charge in [-0.25, -0.2) is 4.79 Å². The fourth-order valence-corrected chi connectivity index (χ4v) is 3.39. The summed E-state index contributed by atoms with van der Waals surface area (Å²) < 4.78 is 15.6. The summed E-state index contributed by atoms with van der Waals surface area (Å²) in [7, 11) is 1.49. The summed E-state index contributed by atoms with van der Waals surface area (Å²) in [4.78, 5) is 41.0. The number of esters is 2. The molecule has 0 fully saturated rings. The standard InChI is InChI=1S/C21H26N2O7/c1-12(2)30-21(25)18-14(4)22-13(3)17(20(24)29-10-9-28-5)19(18)15-7-6-8-16(11-15)23(26)27/h6-8,11-12,17,19H,9-10H2,1-5H3/t17?,19-/m1/s1. The van der Waals surface area contributed by atoms with Crippen molar-refractivity contribution in [1.82, 2.24) is 0 Å². The fraction of sp³-hybridized carbons (Fsp3) is 0.476. The van der Waals surface area contributed by atoms with Gasteiger partial charge in [0.05, 0.1) is 23.2 Å². The molecule has 1 heterocycles. The zero-order valence-electron chi connectivity index (χ0n) is 17.7. The maximum absolute atomic E-state index is 12.9. The summed E-state index contributed by atoms with van der Waals surface area (Å²) in [6, 6.07) is 5.86. The number of aliphatic imine (C=N–C) groups is 1. The molecule has 2 atom stereocenters. The third-order valence-corrected chi connectivity index (χ3v) is 4.62. The van der Waals surface area contributed by atoms with Crippen molar-refractivity contribution in [2.45, 2.75) is 39.7 Å². The Bertz CT molecular complexity index is 889. The van der Waals surface area contributed by atoms with Crippen molar-refractivity contribution in [3.63, 3.8) is 0 Å². The van der Waals surface area contributed by atoms with Crippen molar-refractivity contribution >= 4 is 23.3 Å². The first-order valence-corrected chi connectivity index (χ1v) is 9.54. The van der Waals surface area contributed by atoms with Crippen LogP contribution in [0.4, 0.5) is 5.69 Å². The Labute approximate surface area is 174 Å². The van der Waals surface area contributed by atoms with E-state index in [0.29, 0.717) is 17.0 Å². The fourth-order valence-electron chi connectivity index (χ4n) is 3.39. The minimum absolute atomic E-state index is 0.0369. The minimum Gasteiger partial charge on any atom is -0.463 e. The zero-order valence-corrected chi connectivity index (χ0v) is 17.7. The molecule has 0 amide bonds. The third kappa shape index (κ3) is 5.29. The van der Waals surface area contributed by atoms with Gasteiger partial charge in [-0.05, 0) is 33.3 Å². The van der Waals surface area contributed by atoms with Gasteiger partial charge in [0, 0.05) is 36.6 Å². The molecular weight excluding hydrogens is 392 g/mol. The van der Waals surface area contributed by atoms with E-state index in [-0.39, 0.29) is 30.6 Å². The number of rotatable bonds is 8. The maximum Gasteiger partial charge on any atom is 0.336 e. The summed E-state index contributed by atoms with van der Waals surface area (Å²) in [6.45, 7) is 6.99. The Morgan fingerprint density at radius 1 is 1.23 bits per heavy atom. The second-order valence-corrected chi connectivity index (χ2v) is 7.17. The highest BCUT2D eigenvalue weighted by molar-refractivity contribution is 6.07. The van der Waals surface area contributed by atoms with Crippen LogP contribution in [0.25, 0.3) is 0 Å². The molecule has 0 N–H and O–H groups in total. The van der Waals surface area contributed by atoms with E-state index < -0.39 is 28.7 Å². The van der Waals surface area contributed by atoms with Gasteiger partial charge in [0.25, 0.3) is 5.69 Å². The number of benzene rings is 1. The molecule has 0 saturated carbocycles. The van der Waals surface area contributed by atoms with E-state index in [4.69, 9.17) is 14.2 Å². The van der Waals surface area contributed by atoms with Gasteiger partial charge in [0.1, 0.15) is 12.5 Å². The van der Waals surface area contributed by atoms with Gasteiger partial charge in [-0.2, -0.15) is 0 Å². The van der Waals surface area contributed by atoms with Gasteiger partial charge in [-0.15, -0.1) is 0 Å². The van der Waals surface area contributed by atoms with Crippen LogP contribution in [-0.2, 0) is 23.8 Å². The monoisotopic (exact) mass is 418 g/mol. The van der Waals surface area contributed by atoms with Gasteiger partial charge in [-0.1, -0.05) is 12.1 Å². The first kappa shape index (κ1) is 23.2. The normalized spacial score (nSPS) is 18.8. The molecule has 0 aromatic heterocycles. The van der Waals surface area contributed by atoms with Crippen molar-refractivity contribution in [3.05, 3.63) is 51.2 Å². The number of nitrogens with zero attached hydrogens (tertiary/aromatic N) is 2. The Morgan fingerprint density at radius 3 is 2.53 bits per heavy atom. The van der Waals surface area contributed by atoms with Gasteiger partial charge < -0.3 is 14.2 Å². The first-order valence-electron chi connectivity index (χ1n) is 9.54. The lowest BCUT2D eigenvalue weighted by molar-refractivity contribution is -0.384. The molecule has 1 aliphatic rings. The SMILES string of the molecule is COCCOC(=O)C1C(C)=NC(C)=C(C(=O)OC(C)C)[C@@H]1c1cccc([N+](=O)[O-])c1. The number of allylic oxidation sites excluding steroid dienone is 1. The molecule has 1 aromatic rings. The Hall–Kier alpha value is -3.07. The van der Waals surface area contributed by atoms with Crippen molar-refractivity contribution in [1.29, 1.82) is 0 Å². The van der Waals surface area contributed by atoms with Crippen LogP contribution >= 0.6 is 0 Å². The number of ether oxygens (including phenoxy) is 3. The predicted octanol–water partition coefficient (Wildman–Crippen LogP) is 3.18. The third-order valence-electron chi connectivity index (χ3n) is 4.62. The zero-order chi connectivity index (χ0) is 22.4. The van der Waals surface area contributed by atoms with Crippen LogP contribution < -0.4 is 0 Å². The average molecular weight is 418 g/mol. The van der Waals surface area contributed by atoms with Crippen LogP contribution in [-0.4, -0.2) is 49.0 Å². The second kappa shape index (κ2) is 10.1. The number of nitro benzene ring substituents is 1. The number of carbonyl (C=O) groups excluding carboxylic acids is 2. The number of hydrogen-bond donors (Lipinski definition) is 0. The van der Waals surface area contributed by atoms with Crippen molar-refractivity contribution < 1.29 is 28.7 Å². The van der Waals surface area contributed by atoms with Crippen molar-refractivity contribution in [3.8, 4) is 0 Å². The number of methoxy groups -OCH3 is 1. The molecule has 30 heavy (non-hydrogen) atoms. The topological polar surface area (TPSA) is 117 Å². The van der Waals surface area contributed by atoms with Crippen LogP contribution in [0.1, 0.15) is 39.2 Å².